The summed E-state index contributed by atoms with van der Waals surface area (Å²) in [6.07, 6.45) is 3.00. The Bertz CT molecular complexity index is 463. The summed E-state index contributed by atoms with van der Waals surface area (Å²) in [5.41, 5.74) is 1.25. The Morgan fingerprint density at radius 3 is 2.64 bits per heavy atom. The lowest BCUT2D eigenvalue weighted by molar-refractivity contribution is -0.0951. The van der Waals surface area contributed by atoms with Gasteiger partial charge in [0.15, 0.2) is 6.29 Å². The molecule has 122 valence electrons. The van der Waals surface area contributed by atoms with Crippen LogP contribution in [0.5, 0.6) is 0 Å². The van der Waals surface area contributed by atoms with E-state index in [2.05, 4.69) is 12.1 Å². The standard InChI is InChI=1S/C18H26O4/c19-13(7-6-12-4-2-1-3-5-12)8-9-14-15-10-18(21)22-17(15)11-16(14)20/h1-5,13-21H,6-11H2/t13-,14+,15+,16-,17+,18+/m0/s1. The first-order valence-corrected chi connectivity index (χ1v) is 8.37. The van der Waals surface area contributed by atoms with Crippen LogP contribution in [0.3, 0.4) is 0 Å². The summed E-state index contributed by atoms with van der Waals surface area (Å²) in [4.78, 5) is 0. The lowest BCUT2D eigenvalue weighted by Gasteiger charge is -2.21. The van der Waals surface area contributed by atoms with Gasteiger partial charge in [0.05, 0.1) is 18.3 Å². The molecule has 2 fully saturated rings. The third kappa shape index (κ3) is 3.69. The molecule has 1 saturated heterocycles. The fourth-order valence-corrected chi connectivity index (χ4v) is 4.04. The predicted octanol–water partition coefficient (Wildman–Crippen LogP) is 1.86. The Morgan fingerprint density at radius 2 is 1.86 bits per heavy atom. The molecule has 1 saturated carbocycles. The minimum atomic E-state index is -0.673. The van der Waals surface area contributed by atoms with E-state index in [1.165, 1.54) is 5.56 Å². The SMILES string of the molecule is O[C@@H](CCc1ccccc1)CC[C@@H]1[C@H]2C[C@H](O)O[C@@H]2C[C@@H]1O. The largest absolute Gasteiger partial charge is 0.393 e. The topological polar surface area (TPSA) is 69.9 Å². The van der Waals surface area contributed by atoms with Crippen molar-refractivity contribution < 1.29 is 20.1 Å². The molecule has 3 rings (SSSR count). The molecule has 4 nitrogen and oxygen atoms in total. The molecule has 6 atom stereocenters. The molecule has 1 aromatic rings. The molecule has 1 aromatic carbocycles. The summed E-state index contributed by atoms with van der Waals surface area (Å²) in [7, 11) is 0. The van der Waals surface area contributed by atoms with E-state index in [9.17, 15) is 15.3 Å². The number of aliphatic hydroxyl groups is 3. The highest BCUT2D eigenvalue weighted by Crippen LogP contribution is 2.44. The lowest BCUT2D eigenvalue weighted by atomic mass is 9.86. The van der Waals surface area contributed by atoms with Gasteiger partial charge in [0, 0.05) is 12.8 Å². The highest BCUT2D eigenvalue weighted by atomic mass is 16.6. The van der Waals surface area contributed by atoms with Crippen LogP contribution in [0.15, 0.2) is 30.3 Å². The van der Waals surface area contributed by atoms with Gasteiger partial charge in [-0.1, -0.05) is 30.3 Å². The van der Waals surface area contributed by atoms with Gasteiger partial charge in [-0.15, -0.1) is 0 Å². The number of ether oxygens (including phenoxy) is 1. The van der Waals surface area contributed by atoms with Crippen molar-refractivity contribution >= 4 is 0 Å². The molecule has 0 bridgehead atoms. The summed E-state index contributed by atoms with van der Waals surface area (Å²) in [6, 6.07) is 10.2. The minimum absolute atomic E-state index is 0.00328. The molecule has 0 aromatic heterocycles. The Labute approximate surface area is 131 Å². The van der Waals surface area contributed by atoms with Crippen molar-refractivity contribution in [1.82, 2.24) is 0 Å². The Balaban J connectivity index is 1.43. The first-order valence-electron chi connectivity index (χ1n) is 8.37. The number of hydrogen-bond acceptors (Lipinski definition) is 4. The highest BCUT2D eigenvalue weighted by Gasteiger charge is 2.48. The van der Waals surface area contributed by atoms with Crippen molar-refractivity contribution in [3.05, 3.63) is 35.9 Å². The van der Waals surface area contributed by atoms with Crippen LogP contribution >= 0.6 is 0 Å². The summed E-state index contributed by atoms with van der Waals surface area (Å²) >= 11 is 0. The minimum Gasteiger partial charge on any atom is -0.393 e. The molecule has 0 amide bonds. The maximum Gasteiger partial charge on any atom is 0.155 e. The maximum atomic E-state index is 10.2. The van der Waals surface area contributed by atoms with Crippen LogP contribution in [0.25, 0.3) is 0 Å². The summed E-state index contributed by atoms with van der Waals surface area (Å²) in [6.45, 7) is 0. The molecule has 2 aliphatic rings. The van der Waals surface area contributed by atoms with E-state index < -0.39 is 6.29 Å². The zero-order chi connectivity index (χ0) is 15.5. The van der Waals surface area contributed by atoms with Gasteiger partial charge in [-0.05, 0) is 43.1 Å². The van der Waals surface area contributed by atoms with Crippen LogP contribution in [0.2, 0.25) is 0 Å². The summed E-state index contributed by atoms with van der Waals surface area (Å²) < 4.78 is 5.43. The molecular weight excluding hydrogens is 280 g/mol. The van der Waals surface area contributed by atoms with Gasteiger partial charge >= 0.3 is 0 Å². The van der Waals surface area contributed by atoms with Gasteiger partial charge in [0.25, 0.3) is 0 Å². The van der Waals surface area contributed by atoms with Gasteiger partial charge in [-0.25, -0.2) is 0 Å². The molecular formula is C18H26O4. The second kappa shape index (κ2) is 7.09. The van der Waals surface area contributed by atoms with Gasteiger partial charge in [-0.2, -0.15) is 0 Å². The van der Waals surface area contributed by atoms with Crippen LogP contribution in [-0.4, -0.2) is 39.9 Å². The number of hydrogen-bond donors (Lipinski definition) is 3. The first-order chi connectivity index (χ1) is 10.6. The van der Waals surface area contributed by atoms with Gasteiger partial charge in [0.2, 0.25) is 0 Å². The van der Waals surface area contributed by atoms with Crippen molar-refractivity contribution in [1.29, 1.82) is 0 Å². The maximum absolute atomic E-state index is 10.2. The average molecular weight is 306 g/mol. The Hall–Kier alpha value is -0.940. The van der Waals surface area contributed by atoms with Crippen LogP contribution in [0, 0.1) is 11.8 Å². The van der Waals surface area contributed by atoms with Crippen molar-refractivity contribution in [2.24, 2.45) is 11.8 Å². The molecule has 0 spiro atoms. The highest BCUT2D eigenvalue weighted by molar-refractivity contribution is 5.14. The fourth-order valence-electron chi connectivity index (χ4n) is 4.04. The molecule has 22 heavy (non-hydrogen) atoms. The second-order valence-corrected chi connectivity index (χ2v) is 6.75. The smallest absolute Gasteiger partial charge is 0.155 e. The van der Waals surface area contributed by atoms with E-state index in [1.807, 2.05) is 18.2 Å². The van der Waals surface area contributed by atoms with E-state index in [1.54, 1.807) is 0 Å². The van der Waals surface area contributed by atoms with E-state index >= 15 is 0 Å². The summed E-state index contributed by atoms with van der Waals surface area (Å²) in [5, 5.41) is 29.9. The molecule has 0 unspecified atom stereocenters. The monoisotopic (exact) mass is 306 g/mol. The third-order valence-corrected chi connectivity index (χ3v) is 5.24. The first kappa shape index (κ1) is 15.9. The van der Waals surface area contributed by atoms with Crippen LogP contribution in [0.4, 0.5) is 0 Å². The normalized spacial score (nSPS) is 35.5. The molecule has 0 radical (unpaired) electrons. The molecule has 4 heteroatoms. The number of fused-ring (bicyclic) bond motifs is 1. The van der Waals surface area contributed by atoms with Crippen LogP contribution in [-0.2, 0) is 11.2 Å². The Kier molecular flexibility index (Phi) is 5.14. The van der Waals surface area contributed by atoms with Crippen molar-refractivity contribution in [3.63, 3.8) is 0 Å². The number of rotatable bonds is 6. The zero-order valence-corrected chi connectivity index (χ0v) is 12.8. The van der Waals surface area contributed by atoms with E-state index in [0.717, 1.165) is 19.3 Å². The van der Waals surface area contributed by atoms with Crippen molar-refractivity contribution in [3.8, 4) is 0 Å². The summed E-state index contributed by atoms with van der Waals surface area (Å²) in [5.74, 6) is 0.389. The second-order valence-electron chi connectivity index (χ2n) is 6.75. The Morgan fingerprint density at radius 1 is 1.09 bits per heavy atom. The van der Waals surface area contributed by atoms with E-state index in [4.69, 9.17) is 4.74 Å². The third-order valence-electron chi connectivity index (χ3n) is 5.24. The van der Waals surface area contributed by atoms with Gasteiger partial charge < -0.3 is 20.1 Å². The zero-order valence-electron chi connectivity index (χ0n) is 12.8. The van der Waals surface area contributed by atoms with E-state index in [-0.39, 0.29) is 30.1 Å². The van der Waals surface area contributed by atoms with Gasteiger partial charge in [0.1, 0.15) is 0 Å². The van der Waals surface area contributed by atoms with Crippen LogP contribution in [0.1, 0.15) is 37.7 Å². The van der Waals surface area contributed by atoms with Crippen LogP contribution < -0.4 is 0 Å². The number of aliphatic hydroxyl groups excluding tert-OH is 3. The van der Waals surface area contributed by atoms with E-state index in [0.29, 0.717) is 19.3 Å². The number of benzene rings is 1. The lowest BCUT2D eigenvalue weighted by Crippen LogP contribution is -2.22. The quantitative estimate of drug-likeness (QED) is 0.750. The predicted molar refractivity (Wildman–Crippen MR) is 83.1 cm³/mol. The van der Waals surface area contributed by atoms with Gasteiger partial charge in [-0.3, -0.25) is 0 Å². The fraction of sp³-hybridized carbons (Fsp3) is 0.667. The van der Waals surface area contributed by atoms with Crippen molar-refractivity contribution in [2.45, 2.75) is 63.1 Å². The number of aryl methyl sites for hydroxylation is 1. The average Bonchev–Trinajstić information content (AvgIpc) is 2.99. The molecule has 1 aliphatic carbocycles. The van der Waals surface area contributed by atoms with Crippen molar-refractivity contribution in [2.75, 3.05) is 0 Å². The molecule has 1 heterocycles. The molecule has 1 aliphatic heterocycles. The molecule has 3 N–H and O–H groups in total.